The van der Waals surface area contributed by atoms with Crippen molar-refractivity contribution in [3.05, 3.63) is 46.2 Å². The van der Waals surface area contributed by atoms with Crippen LogP contribution >= 0.6 is 0 Å². The Morgan fingerprint density at radius 1 is 1.14 bits per heavy atom. The quantitative estimate of drug-likeness (QED) is 0.415. The Morgan fingerprint density at radius 3 is 2.39 bits per heavy atom. The topological polar surface area (TPSA) is 97.5 Å². The monoisotopic (exact) mass is 388 g/mol. The largest absolute Gasteiger partial charge is 0.382 e. The van der Waals surface area contributed by atoms with E-state index in [1.165, 1.54) is 12.1 Å². The highest BCUT2D eigenvalue weighted by Crippen LogP contribution is 2.22. The molecule has 2 aliphatic heterocycles. The molecular formula is C19H24N4O5. The molecule has 0 bridgehead atoms. The van der Waals surface area contributed by atoms with Crippen molar-refractivity contribution in [1.82, 2.24) is 4.90 Å². The van der Waals surface area contributed by atoms with E-state index in [0.29, 0.717) is 45.2 Å². The van der Waals surface area contributed by atoms with Crippen molar-refractivity contribution in [3.63, 3.8) is 0 Å². The van der Waals surface area contributed by atoms with Crippen LogP contribution in [0, 0.1) is 10.1 Å². The van der Waals surface area contributed by atoms with Gasteiger partial charge in [0.2, 0.25) is 5.78 Å². The second-order valence-corrected chi connectivity index (χ2v) is 6.64. The number of methoxy groups -OCH3 is 1. The maximum absolute atomic E-state index is 12.8. The van der Waals surface area contributed by atoms with E-state index >= 15 is 0 Å². The number of anilines is 1. The number of nitrogens with zero attached hydrogens (tertiary/aromatic N) is 4. The first-order chi connectivity index (χ1) is 13.5. The molecule has 0 aliphatic carbocycles. The summed E-state index contributed by atoms with van der Waals surface area (Å²) in [4.78, 5) is 31.7. The summed E-state index contributed by atoms with van der Waals surface area (Å²) in [6, 6.07) is 6.52. The number of carbonyl (C=O) groups is 1. The van der Waals surface area contributed by atoms with Gasteiger partial charge in [-0.25, -0.2) is 4.99 Å². The van der Waals surface area contributed by atoms with E-state index in [9.17, 15) is 14.9 Å². The maximum Gasteiger partial charge on any atom is 0.269 e. The molecule has 1 saturated heterocycles. The number of amidine groups is 1. The van der Waals surface area contributed by atoms with Gasteiger partial charge in [-0.2, -0.15) is 0 Å². The van der Waals surface area contributed by atoms with Crippen LogP contribution in [0.5, 0.6) is 0 Å². The molecule has 0 radical (unpaired) electrons. The number of hydrogen-bond donors (Lipinski definition) is 0. The highest BCUT2D eigenvalue weighted by Gasteiger charge is 2.32. The summed E-state index contributed by atoms with van der Waals surface area (Å²) in [5.41, 5.74) is 1.76. The van der Waals surface area contributed by atoms with E-state index in [0.717, 1.165) is 11.4 Å². The van der Waals surface area contributed by atoms with Crippen LogP contribution in [0.2, 0.25) is 0 Å². The Bertz CT molecular complexity index is 782. The average molecular weight is 388 g/mol. The minimum Gasteiger partial charge on any atom is -0.382 e. The molecule has 2 heterocycles. The van der Waals surface area contributed by atoms with E-state index in [4.69, 9.17) is 9.47 Å². The van der Waals surface area contributed by atoms with Crippen LogP contribution in [0.3, 0.4) is 0 Å². The van der Waals surface area contributed by atoms with Crippen LogP contribution in [-0.2, 0) is 14.3 Å². The van der Waals surface area contributed by atoms with Crippen LogP contribution in [0.1, 0.15) is 6.92 Å². The standard InChI is InChI=1S/C19H24N4O5/c1-14-13-17(28-12-11-27-2)18(24)19(20-14)22-9-7-21(8-10-22)15-3-5-16(6-4-15)23(25)26/h3-6,13,17H,7-12H2,1-2H3. The first kappa shape index (κ1) is 20.0. The van der Waals surface area contributed by atoms with Gasteiger partial charge < -0.3 is 19.3 Å². The Morgan fingerprint density at radius 2 is 1.79 bits per heavy atom. The van der Waals surface area contributed by atoms with E-state index in [1.54, 1.807) is 25.3 Å². The zero-order valence-corrected chi connectivity index (χ0v) is 16.0. The van der Waals surface area contributed by atoms with E-state index < -0.39 is 11.0 Å². The van der Waals surface area contributed by atoms with Gasteiger partial charge >= 0.3 is 0 Å². The molecule has 1 aromatic carbocycles. The second-order valence-electron chi connectivity index (χ2n) is 6.64. The van der Waals surface area contributed by atoms with Gasteiger partial charge in [0.05, 0.1) is 18.1 Å². The molecule has 0 aromatic heterocycles. The molecular weight excluding hydrogens is 364 g/mol. The lowest BCUT2D eigenvalue weighted by atomic mass is 10.1. The van der Waals surface area contributed by atoms with Crippen molar-refractivity contribution < 1.29 is 19.2 Å². The molecule has 0 spiro atoms. The van der Waals surface area contributed by atoms with Crippen LogP contribution in [0.25, 0.3) is 0 Å². The number of non-ortho nitro benzene ring substituents is 1. The highest BCUT2D eigenvalue weighted by atomic mass is 16.6. The summed E-state index contributed by atoms with van der Waals surface area (Å²) in [5.74, 6) is 0.302. The first-order valence-electron chi connectivity index (χ1n) is 9.16. The van der Waals surface area contributed by atoms with Crippen molar-refractivity contribution >= 4 is 23.0 Å². The molecule has 0 amide bonds. The van der Waals surface area contributed by atoms with Crippen LogP contribution in [-0.4, -0.2) is 74.0 Å². The van der Waals surface area contributed by atoms with Gasteiger partial charge in [-0.1, -0.05) is 0 Å². The first-order valence-corrected chi connectivity index (χ1v) is 9.16. The number of rotatable bonds is 6. The zero-order chi connectivity index (χ0) is 20.1. The highest BCUT2D eigenvalue weighted by molar-refractivity contribution is 6.41. The Balaban J connectivity index is 1.61. The molecule has 3 rings (SSSR count). The molecule has 1 fully saturated rings. The minimum absolute atomic E-state index is 0.0753. The molecule has 28 heavy (non-hydrogen) atoms. The number of nitro groups is 1. The number of benzene rings is 1. The minimum atomic E-state index is -0.629. The predicted octanol–water partition coefficient (Wildman–Crippen LogP) is 1.63. The van der Waals surface area contributed by atoms with Crippen molar-refractivity contribution in [3.8, 4) is 0 Å². The van der Waals surface area contributed by atoms with Crippen LogP contribution in [0.15, 0.2) is 41.0 Å². The zero-order valence-electron chi connectivity index (χ0n) is 16.0. The number of Topliss-reactive ketones (excluding diaryl/α,β-unsaturated/α-hetero) is 1. The number of ether oxygens (including phenoxy) is 2. The number of ketones is 1. The lowest BCUT2D eigenvalue weighted by molar-refractivity contribution is -0.384. The number of aliphatic imine (C=N–C) groups is 1. The fourth-order valence-corrected chi connectivity index (χ4v) is 3.25. The summed E-state index contributed by atoms with van der Waals surface area (Å²) in [7, 11) is 1.59. The smallest absolute Gasteiger partial charge is 0.269 e. The second kappa shape index (κ2) is 8.94. The normalized spacial score (nSPS) is 20.1. The predicted molar refractivity (Wildman–Crippen MR) is 105 cm³/mol. The van der Waals surface area contributed by atoms with Gasteiger partial charge in [0.1, 0.15) is 6.10 Å². The van der Waals surface area contributed by atoms with Crippen molar-refractivity contribution in [2.45, 2.75) is 13.0 Å². The van der Waals surface area contributed by atoms with Gasteiger partial charge in [-0.3, -0.25) is 14.9 Å². The van der Waals surface area contributed by atoms with Crippen molar-refractivity contribution in [1.29, 1.82) is 0 Å². The third-order valence-corrected chi connectivity index (χ3v) is 4.74. The average Bonchev–Trinajstić information content (AvgIpc) is 2.70. The lowest BCUT2D eigenvalue weighted by Gasteiger charge is -2.38. The number of carbonyl (C=O) groups excluding carboxylic acids is 1. The van der Waals surface area contributed by atoms with Gasteiger partial charge in [0.15, 0.2) is 5.84 Å². The summed E-state index contributed by atoms with van der Waals surface area (Å²) in [6.45, 7) is 5.30. The summed E-state index contributed by atoms with van der Waals surface area (Å²) in [5, 5.41) is 10.8. The number of hydrogen-bond acceptors (Lipinski definition) is 8. The molecule has 150 valence electrons. The number of piperazine rings is 1. The molecule has 9 heteroatoms. The van der Waals surface area contributed by atoms with E-state index in [2.05, 4.69) is 9.89 Å². The molecule has 9 nitrogen and oxygen atoms in total. The molecule has 1 unspecified atom stereocenters. The SMILES string of the molecule is COCCOC1C=C(C)N=C(N2CCN(c3ccc([N+](=O)[O-])cc3)CC2)C1=O. The molecule has 1 aromatic rings. The molecule has 2 aliphatic rings. The van der Waals surface area contributed by atoms with E-state index in [1.807, 2.05) is 11.8 Å². The lowest BCUT2D eigenvalue weighted by Crippen LogP contribution is -2.53. The van der Waals surface area contributed by atoms with Gasteiger partial charge in [-0.05, 0) is 25.1 Å². The third kappa shape index (κ3) is 4.55. The van der Waals surface area contributed by atoms with Gasteiger partial charge in [-0.15, -0.1) is 0 Å². The summed E-state index contributed by atoms with van der Waals surface area (Å²) in [6.07, 6.45) is 1.10. The molecule has 0 saturated carbocycles. The fraction of sp³-hybridized carbons (Fsp3) is 0.474. The van der Waals surface area contributed by atoms with Crippen molar-refractivity contribution in [2.24, 2.45) is 4.99 Å². The van der Waals surface area contributed by atoms with Gasteiger partial charge in [0.25, 0.3) is 5.69 Å². The van der Waals surface area contributed by atoms with Gasteiger partial charge in [0, 0.05) is 56.8 Å². The Hall–Kier alpha value is -2.78. The summed E-state index contributed by atoms with van der Waals surface area (Å²) >= 11 is 0. The molecule has 0 N–H and O–H groups in total. The van der Waals surface area contributed by atoms with Crippen LogP contribution in [0.4, 0.5) is 11.4 Å². The third-order valence-electron chi connectivity index (χ3n) is 4.74. The number of allylic oxidation sites excluding steroid dienone is 1. The Kier molecular flexibility index (Phi) is 6.37. The maximum atomic E-state index is 12.8. The molecule has 1 atom stereocenters. The Labute approximate surface area is 163 Å². The van der Waals surface area contributed by atoms with E-state index in [-0.39, 0.29) is 11.5 Å². The summed E-state index contributed by atoms with van der Waals surface area (Å²) < 4.78 is 10.6. The fourth-order valence-electron chi connectivity index (χ4n) is 3.25. The van der Waals surface area contributed by atoms with Crippen molar-refractivity contribution in [2.75, 3.05) is 51.4 Å². The number of nitro benzene ring substituents is 1. The van der Waals surface area contributed by atoms with Crippen LogP contribution < -0.4 is 4.90 Å².